The minimum absolute atomic E-state index is 0.0335. The van der Waals surface area contributed by atoms with Gasteiger partial charge in [0.2, 0.25) is 0 Å². The lowest BCUT2D eigenvalue weighted by molar-refractivity contribution is 0.0896. The van der Waals surface area contributed by atoms with Crippen LogP contribution in [0.15, 0.2) is 36.7 Å². The number of anilines is 1. The van der Waals surface area contributed by atoms with E-state index >= 15 is 0 Å². The van der Waals surface area contributed by atoms with Crippen LogP contribution in [-0.2, 0) is 11.3 Å². The maximum atomic E-state index is 13.3. The molecule has 0 bridgehead atoms. The summed E-state index contributed by atoms with van der Waals surface area (Å²) < 4.78 is 20.4. The lowest BCUT2D eigenvalue weighted by atomic mass is 10.2. The number of nitrogens with zero attached hydrogens (tertiary/aromatic N) is 3. The molecule has 0 spiro atoms. The number of hydrogen-bond acceptors (Lipinski definition) is 4. The Bertz CT molecular complexity index is 779. The molecule has 27 heavy (non-hydrogen) atoms. The molecule has 1 aliphatic rings. The molecule has 2 amide bonds. The Morgan fingerprint density at radius 1 is 1.41 bits per heavy atom. The Hall–Kier alpha value is -2.45. The normalized spacial score (nSPS) is 20.2. The van der Waals surface area contributed by atoms with Crippen molar-refractivity contribution in [2.24, 2.45) is 0 Å². The number of likely N-dealkylation sites (tertiary alicyclic amines) is 1. The van der Waals surface area contributed by atoms with Gasteiger partial charge in [0.15, 0.2) is 0 Å². The second kappa shape index (κ2) is 8.49. The van der Waals surface area contributed by atoms with Crippen molar-refractivity contribution in [1.29, 1.82) is 0 Å². The van der Waals surface area contributed by atoms with Gasteiger partial charge in [0.05, 0.1) is 30.6 Å². The van der Waals surface area contributed by atoms with Gasteiger partial charge in [0.25, 0.3) is 0 Å². The number of carbonyl (C=O) groups is 1. The fraction of sp³-hybridized carbons (Fsp3) is 0.474. The maximum absolute atomic E-state index is 13.3. The topological polar surface area (TPSA) is 71.4 Å². The summed E-state index contributed by atoms with van der Waals surface area (Å²) in [4.78, 5) is 14.6. The predicted molar refractivity (Wildman–Crippen MR) is 101 cm³/mol. The molecule has 0 radical (unpaired) electrons. The first-order valence-electron chi connectivity index (χ1n) is 9.06. The van der Waals surface area contributed by atoms with Crippen LogP contribution in [0.4, 0.5) is 14.9 Å². The van der Waals surface area contributed by atoms with E-state index in [1.54, 1.807) is 30.3 Å². The number of hydrogen-bond donors (Lipinski definition) is 2. The number of aromatic nitrogens is 2. The van der Waals surface area contributed by atoms with Gasteiger partial charge in [0, 0.05) is 32.4 Å². The van der Waals surface area contributed by atoms with Crippen molar-refractivity contribution in [1.82, 2.24) is 20.0 Å². The number of benzene rings is 1. The Labute approximate surface area is 158 Å². The van der Waals surface area contributed by atoms with Crippen LogP contribution >= 0.6 is 0 Å². The third kappa shape index (κ3) is 5.05. The number of rotatable bonds is 6. The van der Waals surface area contributed by atoms with Crippen LogP contribution in [0.2, 0.25) is 0 Å². The third-order valence-corrected chi connectivity index (χ3v) is 4.77. The standard InChI is InChI=1S/C19H26FN5O2/c1-13(2)24-11-17(18(12-24)27-3)23-19(26)22-16-8-21-25(10-16)9-14-5-4-6-15(20)7-14/h4-8,10,13,17-18H,9,11-12H2,1-3H3,(H2,22,23,26)/t17-,18-/m1/s1. The van der Waals surface area contributed by atoms with E-state index in [9.17, 15) is 9.18 Å². The third-order valence-electron chi connectivity index (χ3n) is 4.77. The Morgan fingerprint density at radius 2 is 2.22 bits per heavy atom. The molecule has 0 aliphatic carbocycles. The molecular weight excluding hydrogens is 349 g/mol. The summed E-state index contributed by atoms with van der Waals surface area (Å²) in [6.07, 6.45) is 3.25. The molecule has 1 aromatic heterocycles. The first-order chi connectivity index (χ1) is 12.9. The minimum atomic E-state index is -0.294. The SMILES string of the molecule is CO[C@@H]1CN(C(C)C)C[C@H]1NC(=O)Nc1cnn(Cc2cccc(F)c2)c1. The van der Waals surface area contributed by atoms with Crippen molar-refractivity contribution in [2.75, 3.05) is 25.5 Å². The molecule has 1 fully saturated rings. The lowest BCUT2D eigenvalue weighted by Crippen LogP contribution is -2.45. The zero-order chi connectivity index (χ0) is 19.4. The second-order valence-corrected chi connectivity index (χ2v) is 7.08. The van der Waals surface area contributed by atoms with Crippen LogP contribution in [0.3, 0.4) is 0 Å². The number of urea groups is 1. The van der Waals surface area contributed by atoms with Gasteiger partial charge in [0.1, 0.15) is 5.82 Å². The van der Waals surface area contributed by atoms with Crippen LogP contribution in [-0.4, -0.2) is 59.1 Å². The Balaban J connectivity index is 1.55. The molecule has 1 aliphatic heterocycles. The van der Waals surface area contributed by atoms with Gasteiger partial charge in [-0.05, 0) is 31.5 Å². The van der Waals surface area contributed by atoms with E-state index in [4.69, 9.17) is 4.74 Å². The van der Waals surface area contributed by atoms with Gasteiger partial charge in [-0.3, -0.25) is 9.58 Å². The largest absolute Gasteiger partial charge is 0.378 e. The first-order valence-corrected chi connectivity index (χ1v) is 9.06. The molecule has 1 saturated heterocycles. The van der Waals surface area contributed by atoms with Crippen LogP contribution in [0.25, 0.3) is 0 Å². The fourth-order valence-corrected chi connectivity index (χ4v) is 3.27. The fourth-order valence-electron chi connectivity index (χ4n) is 3.27. The van der Waals surface area contributed by atoms with Crippen molar-refractivity contribution >= 4 is 11.7 Å². The summed E-state index contributed by atoms with van der Waals surface area (Å²) >= 11 is 0. The number of nitrogens with one attached hydrogen (secondary N) is 2. The molecule has 0 unspecified atom stereocenters. The number of methoxy groups -OCH3 is 1. The van der Waals surface area contributed by atoms with Crippen molar-refractivity contribution in [3.8, 4) is 0 Å². The van der Waals surface area contributed by atoms with Gasteiger partial charge in [-0.25, -0.2) is 9.18 Å². The van der Waals surface area contributed by atoms with Gasteiger partial charge in [-0.1, -0.05) is 12.1 Å². The molecule has 2 heterocycles. The monoisotopic (exact) mass is 375 g/mol. The smallest absolute Gasteiger partial charge is 0.319 e. The molecule has 2 atom stereocenters. The summed E-state index contributed by atoms with van der Waals surface area (Å²) in [7, 11) is 1.66. The van der Waals surface area contributed by atoms with Gasteiger partial charge >= 0.3 is 6.03 Å². The molecule has 7 nitrogen and oxygen atoms in total. The highest BCUT2D eigenvalue weighted by Crippen LogP contribution is 2.16. The summed E-state index contributed by atoms with van der Waals surface area (Å²) in [6, 6.07) is 6.40. The molecule has 146 valence electrons. The van der Waals surface area contributed by atoms with E-state index in [0.29, 0.717) is 18.3 Å². The molecule has 8 heteroatoms. The van der Waals surface area contributed by atoms with Crippen molar-refractivity contribution in [3.05, 3.63) is 48.0 Å². The van der Waals surface area contributed by atoms with E-state index in [1.807, 2.05) is 6.07 Å². The molecule has 0 saturated carbocycles. The van der Waals surface area contributed by atoms with Gasteiger partial charge < -0.3 is 15.4 Å². The summed E-state index contributed by atoms with van der Waals surface area (Å²) in [6.45, 7) is 6.23. The number of halogens is 1. The summed E-state index contributed by atoms with van der Waals surface area (Å²) in [5, 5.41) is 9.98. The van der Waals surface area contributed by atoms with E-state index in [1.165, 1.54) is 12.1 Å². The highest BCUT2D eigenvalue weighted by Gasteiger charge is 2.34. The minimum Gasteiger partial charge on any atom is -0.378 e. The zero-order valence-electron chi connectivity index (χ0n) is 15.9. The van der Waals surface area contributed by atoms with Crippen molar-refractivity contribution < 1.29 is 13.9 Å². The van der Waals surface area contributed by atoms with Gasteiger partial charge in [-0.2, -0.15) is 5.10 Å². The number of amides is 2. The average molecular weight is 375 g/mol. The molecule has 1 aromatic carbocycles. The number of ether oxygens (including phenoxy) is 1. The highest BCUT2D eigenvalue weighted by atomic mass is 19.1. The Kier molecular flexibility index (Phi) is 6.08. The average Bonchev–Trinajstić information content (AvgIpc) is 3.21. The van der Waals surface area contributed by atoms with E-state index in [0.717, 1.165) is 18.7 Å². The maximum Gasteiger partial charge on any atom is 0.319 e. The summed E-state index contributed by atoms with van der Waals surface area (Å²) in [5.41, 5.74) is 1.38. The number of carbonyl (C=O) groups excluding carboxylic acids is 1. The predicted octanol–water partition coefficient (Wildman–Crippen LogP) is 2.30. The summed E-state index contributed by atoms with van der Waals surface area (Å²) in [5.74, 6) is -0.280. The quantitative estimate of drug-likeness (QED) is 0.813. The van der Waals surface area contributed by atoms with Crippen LogP contribution in [0.1, 0.15) is 19.4 Å². The molecular formula is C19H26FN5O2. The molecule has 2 N–H and O–H groups in total. The van der Waals surface area contributed by atoms with E-state index in [-0.39, 0.29) is 24.0 Å². The molecule has 3 rings (SSSR count). The zero-order valence-corrected chi connectivity index (χ0v) is 15.9. The Morgan fingerprint density at radius 3 is 2.93 bits per heavy atom. The van der Waals surface area contributed by atoms with Crippen LogP contribution in [0, 0.1) is 5.82 Å². The first kappa shape index (κ1) is 19.3. The molecule has 2 aromatic rings. The van der Waals surface area contributed by atoms with Crippen molar-refractivity contribution in [2.45, 2.75) is 38.6 Å². The van der Waals surface area contributed by atoms with Gasteiger partial charge in [-0.15, -0.1) is 0 Å². The van der Waals surface area contributed by atoms with Crippen LogP contribution < -0.4 is 10.6 Å². The van der Waals surface area contributed by atoms with Crippen molar-refractivity contribution in [3.63, 3.8) is 0 Å². The van der Waals surface area contributed by atoms with E-state index < -0.39 is 0 Å². The highest BCUT2D eigenvalue weighted by molar-refractivity contribution is 5.89. The second-order valence-electron chi connectivity index (χ2n) is 7.08. The van der Waals surface area contributed by atoms with E-state index in [2.05, 4.69) is 34.5 Å². The van der Waals surface area contributed by atoms with Crippen LogP contribution in [0.5, 0.6) is 0 Å². The lowest BCUT2D eigenvalue weighted by Gasteiger charge is -2.20.